The molecule has 2 amide bonds. The van der Waals surface area contributed by atoms with E-state index in [1.807, 2.05) is 44.2 Å². The summed E-state index contributed by atoms with van der Waals surface area (Å²) in [6.07, 6.45) is 2.51. The fraction of sp³-hybridized carbons (Fsp3) is 0.273. The monoisotopic (exact) mass is 382 g/mol. The maximum absolute atomic E-state index is 12.1. The highest BCUT2D eigenvalue weighted by atomic mass is 16.5. The number of para-hydroxylation sites is 1. The van der Waals surface area contributed by atoms with Gasteiger partial charge in [-0.25, -0.2) is 0 Å². The van der Waals surface area contributed by atoms with E-state index < -0.39 is 5.91 Å². The molecule has 0 aliphatic heterocycles. The summed E-state index contributed by atoms with van der Waals surface area (Å²) in [6.45, 7) is 7.20. The maximum Gasteiger partial charge on any atom is 0.258 e. The van der Waals surface area contributed by atoms with Gasteiger partial charge in [0.25, 0.3) is 5.91 Å². The molecule has 0 aliphatic rings. The molecule has 0 atom stereocenters. The second kappa shape index (κ2) is 10.2. The molecule has 28 heavy (non-hydrogen) atoms. The minimum Gasteiger partial charge on any atom is -0.493 e. The molecule has 2 rings (SSSR count). The van der Waals surface area contributed by atoms with Crippen molar-refractivity contribution in [2.75, 3.05) is 25.6 Å². The third kappa shape index (κ3) is 5.87. The zero-order chi connectivity index (χ0) is 20.5. The van der Waals surface area contributed by atoms with Gasteiger partial charge in [-0.2, -0.15) is 0 Å². The van der Waals surface area contributed by atoms with E-state index in [0.29, 0.717) is 17.9 Å². The van der Waals surface area contributed by atoms with Crippen LogP contribution in [0.1, 0.15) is 16.7 Å². The quantitative estimate of drug-likeness (QED) is 0.653. The topological polar surface area (TPSA) is 76.7 Å². The highest BCUT2D eigenvalue weighted by Gasteiger charge is 2.11. The van der Waals surface area contributed by atoms with Crippen LogP contribution in [0.4, 0.5) is 5.69 Å². The highest BCUT2D eigenvalue weighted by molar-refractivity contribution is 5.95. The van der Waals surface area contributed by atoms with Crippen LogP contribution in [0.15, 0.2) is 49.1 Å². The molecule has 2 N–H and O–H groups in total. The highest BCUT2D eigenvalue weighted by Crippen LogP contribution is 2.28. The molecular formula is C22H26N2O4. The first-order valence-electron chi connectivity index (χ1n) is 8.98. The smallest absolute Gasteiger partial charge is 0.258 e. The van der Waals surface area contributed by atoms with Gasteiger partial charge in [0, 0.05) is 5.69 Å². The average molecular weight is 382 g/mol. The van der Waals surface area contributed by atoms with Crippen LogP contribution in [0.2, 0.25) is 0 Å². The molecule has 0 bridgehead atoms. The Kier molecular flexibility index (Phi) is 7.63. The van der Waals surface area contributed by atoms with Crippen LogP contribution in [0.3, 0.4) is 0 Å². The lowest BCUT2D eigenvalue weighted by atomic mass is 10.1. The molecular weight excluding hydrogens is 356 g/mol. The largest absolute Gasteiger partial charge is 0.493 e. The predicted molar refractivity (Wildman–Crippen MR) is 110 cm³/mol. The minimum atomic E-state index is -0.395. The van der Waals surface area contributed by atoms with E-state index in [-0.39, 0.29) is 19.1 Å². The van der Waals surface area contributed by atoms with Crippen molar-refractivity contribution in [1.29, 1.82) is 0 Å². The molecule has 0 saturated heterocycles. The Labute approximate surface area is 165 Å². The number of hydrogen-bond donors (Lipinski definition) is 2. The number of ether oxygens (including phenoxy) is 2. The number of benzene rings is 2. The summed E-state index contributed by atoms with van der Waals surface area (Å²) in [4.78, 5) is 24.1. The fourth-order valence-corrected chi connectivity index (χ4v) is 2.69. The van der Waals surface area contributed by atoms with Crippen molar-refractivity contribution >= 4 is 17.5 Å². The van der Waals surface area contributed by atoms with Crippen LogP contribution in [0.25, 0.3) is 0 Å². The molecule has 2 aromatic rings. The number of allylic oxidation sites excluding steroid dienone is 1. The normalized spacial score (nSPS) is 10.1. The molecule has 0 unspecified atom stereocenters. The lowest BCUT2D eigenvalue weighted by Crippen LogP contribution is -2.36. The van der Waals surface area contributed by atoms with E-state index in [1.54, 1.807) is 12.1 Å². The molecule has 2 aromatic carbocycles. The molecule has 0 heterocycles. The van der Waals surface area contributed by atoms with Crippen molar-refractivity contribution in [2.24, 2.45) is 0 Å². The van der Waals surface area contributed by atoms with Crippen molar-refractivity contribution in [1.82, 2.24) is 5.32 Å². The van der Waals surface area contributed by atoms with Gasteiger partial charge in [0.15, 0.2) is 18.1 Å². The van der Waals surface area contributed by atoms with Crippen LogP contribution in [0, 0.1) is 13.8 Å². The molecule has 0 aliphatic carbocycles. The number of anilines is 1. The average Bonchev–Trinajstić information content (AvgIpc) is 2.68. The van der Waals surface area contributed by atoms with Gasteiger partial charge < -0.3 is 20.1 Å². The van der Waals surface area contributed by atoms with Crippen molar-refractivity contribution in [3.63, 3.8) is 0 Å². The van der Waals surface area contributed by atoms with E-state index >= 15 is 0 Å². The summed E-state index contributed by atoms with van der Waals surface area (Å²) >= 11 is 0. The second-order valence-corrected chi connectivity index (χ2v) is 6.36. The summed E-state index contributed by atoms with van der Waals surface area (Å²) in [7, 11) is 1.54. The van der Waals surface area contributed by atoms with Gasteiger partial charge in [-0.3, -0.25) is 9.59 Å². The van der Waals surface area contributed by atoms with Gasteiger partial charge in [-0.15, -0.1) is 6.58 Å². The SMILES string of the molecule is C=CCc1ccc(OCC(=O)NCC(=O)Nc2c(C)cccc2C)c(OC)c1. The zero-order valence-corrected chi connectivity index (χ0v) is 16.5. The Bertz CT molecular complexity index is 841. The Morgan fingerprint density at radius 1 is 1.07 bits per heavy atom. The van der Waals surface area contributed by atoms with Crippen molar-refractivity contribution < 1.29 is 19.1 Å². The Morgan fingerprint density at radius 3 is 2.43 bits per heavy atom. The second-order valence-electron chi connectivity index (χ2n) is 6.36. The van der Waals surface area contributed by atoms with Crippen LogP contribution in [0.5, 0.6) is 11.5 Å². The number of nitrogens with one attached hydrogen (secondary N) is 2. The number of aryl methyl sites for hydroxylation is 2. The van der Waals surface area contributed by atoms with Crippen LogP contribution >= 0.6 is 0 Å². The first-order valence-corrected chi connectivity index (χ1v) is 8.98. The van der Waals surface area contributed by atoms with E-state index in [0.717, 1.165) is 22.4 Å². The van der Waals surface area contributed by atoms with Crippen LogP contribution in [-0.2, 0) is 16.0 Å². The van der Waals surface area contributed by atoms with E-state index in [2.05, 4.69) is 17.2 Å². The summed E-state index contributed by atoms with van der Waals surface area (Å²) < 4.78 is 10.8. The number of methoxy groups -OCH3 is 1. The Balaban J connectivity index is 1.84. The minimum absolute atomic E-state index is 0.134. The molecule has 0 spiro atoms. The van der Waals surface area contributed by atoms with Gasteiger partial charge in [0.1, 0.15) is 0 Å². The predicted octanol–water partition coefficient (Wildman–Crippen LogP) is 3.17. The van der Waals surface area contributed by atoms with E-state index in [9.17, 15) is 9.59 Å². The molecule has 0 aromatic heterocycles. The van der Waals surface area contributed by atoms with Crippen LogP contribution in [-0.4, -0.2) is 32.1 Å². The number of carbonyl (C=O) groups excluding carboxylic acids is 2. The summed E-state index contributed by atoms with van der Waals surface area (Å²) in [5.41, 5.74) is 3.74. The fourth-order valence-electron chi connectivity index (χ4n) is 2.69. The molecule has 0 saturated carbocycles. The zero-order valence-electron chi connectivity index (χ0n) is 16.5. The summed E-state index contributed by atoms with van der Waals surface area (Å²) in [5, 5.41) is 5.37. The van der Waals surface area contributed by atoms with E-state index in [1.165, 1.54) is 7.11 Å². The van der Waals surface area contributed by atoms with Crippen molar-refractivity contribution in [3.8, 4) is 11.5 Å². The number of carbonyl (C=O) groups is 2. The van der Waals surface area contributed by atoms with Gasteiger partial charge in [-0.1, -0.05) is 30.3 Å². The van der Waals surface area contributed by atoms with Gasteiger partial charge in [0.05, 0.1) is 13.7 Å². The third-order valence-electron chi connectivity index (χ3n) is 4.16. The van der Waals surface area contributed by atoms with Crippen molar-refractivity contribution in [3.05, 3.63) is 65.7 Å². The summed E-state index contributed by atoms with van der Waals surface area (Å²) in [5.74, 6) is 0.316. The standard InChI is InChI=1S/C22H26N2O4/c1-5-7-17-10-11-18(19(12-17)27-4)28-14-21(26)23-13-20(25)24-22-15(2)8-6-9-16(22)3/h5-6,8-12H,1,7,13-14H2,2-4H3,(H,23,26)(H,24,25). The number of rotatable bonds is 9. The lowest BCUT2D eigenvalue weighted by Gasteiger charge is -2.13. The molecule has 0 fully saturated rings. The summed E-state index contributed by atoms with van der Waals surface area (Å²) in [6, 6.07) is 11.2. The third-order valence-corrected chi connectivity index (χ3v) is 4.16. The number of hydrogen-bond acceptors (Lipinski definition) is 4. The van der Waals surface area contributed by atoms with E-state index in [4.69, 9.17) is 9.47 Å². The Hall–Kier alpha value is -3.28. The van der Waals surface area contributed by atoms with Gasteiger partial charge in [-0.05, 0) is 49.1 Å². The van der Waals surface area contributed by atoms with Crippen LogP contribution < -0.4 is 20.1 Å². The maximum atomic E-state index is 12.1. The first-order chi connectivity index (χ1) is 13.4. The molecule has 148 valence electrons. The van der Waals surface area contributed by atoms with Gasteiger partial charge in [0.2, 0.25) is 5.91 Å². The first kappa shape index (κ1) is 21.0. The number of amides is 2. The molecule has 6 nitrogen and oxygen atoms in total. The Morgan fingerprint density at radius 2 is 1.79 bits per heavy atom. The molecule has 6 heteroatoms. The van der Waals surface area contributed by atoms with Crippen molar-refractivity contribution in [2.45, 2.75) is 20.3 Å². The van der Waals surface area contributed by atoms with Gasteiger partial charge >= 0.3 is 0 Å². The molecule has 0 radical (unpaired) electrons. The lowest BCUT2D eigenvalue weighted by molar-refractivity contribution is -0.125.